The minimum Gasteiger partial charge on any atom is -0.378 e. The van der Waals surface area contributed by atoms with Crippen LogP contribution in [-0.4, -0.2) is 48.5 Å². The van der Waals surface area contributed by atoms with E-state index in [1.54, 1.807) is 11.3 Å². The van der Waals surface area contributed by atoms with Crippen LogP contribution in [0.2, 0.25) is 0 Å². The van der Waals surface area contributed by atoms with Crippen molar-refractivity contribution >= 4 is 22.8 Å². The van der Waals surface area contributed by atoms with Crippen molar-refractivity contribution in [2.45, 2.75) is 44.8 Å². The van der Waals surface area contributed by atoms with Gasteiger partial charge < -0.3 is 15.0 Å². The standard InChI is InChI=1S/C19H25FN4OS/c1-13-12-26-19(21-13)17-10-16(24-6-8-25-9-7-24)11-18(23-17)22-15-4-2-14(20)3-5-15/h10-12,14-15H,2-9H2,1H3,(H,22,23). The molecule has 7 heteroatoms. The Morgan fingerprint density at radius 3 is 2.62 bits per heavy atom. The number of alkyl halides is 1. The zero-order chi connectivity index (χ0) is 17.9. The summed E-state index contributed by atoms with van der Waals surface area (Å²) < 4.78 is 18.9. The fourth-order valence-corrected chi connectivity index (χ4v) is 4.34. The van der Waals surface area contributed by atoms with Crippen molar-refractivity contribution in [3.63, 3.8) is 0 Å². The third-order valence-corrected chi connectivity index (χ3v) is 6.02. The van der Waals surface area contributed by atoms with E-state index in [2.05, 4.69) is 27.3 Å². The van der Waals surface area contributed by atoms with Crippen LogP contribution in [0.4, 0.5) is 15.9 Å². The molecular formula is C19H25FN4OS. The maximum absolute atomic E-state index is 13.4. The SMILES string of the molecule is Cc1csc(-c2cc(N3CCOCC3)cc(NC3CCC(F)CC3)n2)n1. The van der Waals surface area contributed by atoms with Gasteiger partial charge in [0, 0.05) is 42.0 Å². The van der Waals surface area contributed by atoms with Gasteiger partial charge in [0.1, 0.15) is 22.7 Å². The number of rotatable bonds is 4. The van der Waals surface area contributed by atoms with Crippen molar-refractivity contribution in [1.29, 1.82) is 0 Å². The highest BCUT2D eigenvalue weighted by Gasteiger charge is 2.22. The zero-order valence-electron chi connectivity index (χ0n) is 15.1. The lowest BCUT2D eigenvalue weighted by atomic mass is 9.94. The fraction of sp³-hybridized carbons (Fsp3) is 0.579. The number of nitrogens with zero attached hydrogens (tertiary/aromatic N) is 3. The molecule has 0 radical (unpaired) electrons. The van der Waals surface area contributed by atoms with Gasteiger partial charge in [-0.1, -0.05) is 0 Å². The molecule has 140 valence electrons. The van der Waals surface area contributed by atoms with E-state index in [1.165, 1.54) is 0 Å². The summed E-state index contributed by atoms with van der Waals surface area (Å²) in [6, 6.07) is 4.52. The summed E-state index contributed by atoms with van der Waals surface area (Å²) in [7, 11) is 0. The van der Waals surface area contributed by atoms with Crippen molar-refractivity contribution in [2.24, 2.45) is 0 Å². The predicted octanol–water partition coefficient (Wildman–Crippen LogP) is 4.04. The lowest BCUT2D eigenvalue weighted by Crippen LogP contribution is -2.36. The number of nitrogens with one attached hydrogen (secondary N) is 1. The highest BCUT2D eigenvalue weighted by molar-refractivity contribution is 7.13. The topological polar surface area (TPSA) is 50.3 Å². The fourth-order valence-electron chi connectivity index (χ4n) is 3.58. The Kier molecular flexibility index (Phi) is 5.36. The van der Waals surface area contributed by atoms with Gasteiger partial charge in [0.15, 0.2) is 0 Å². The molecule has 1 aliphatic carbocycles. The number of morpholine rings is 1. The molecule has 2 aliphatic rings. The van der Waals surface area contributed by atoms with Crippen molar-refractivity contribution in [2.75, 3.05) is 36.5 Å². The Hall–Kier alpha value is -1.73. The lowest BCUT2D eigenvalue weighted by molar-refractivity contribution is 0.122. The third-order valence-electron chi connectivity index (χ3n) is 5.03. The summed E-state index contributed by atoms with van der Waals surface area (Å²) in [5, 5.41) is 6.53. The van der Waals surface area contributed by atoms with Gasteiger partial charge in [-0.2, -0.15) is 0 Å². The first-order chi connectivity index (χ1) is 12.7. The molecule has 1 N–H and O–H groups in total. The van der Waals surface area contributed by atoms with E-state index in [0.717, 1.165) is 67.0 Å². The van der Waals surface area contributed by atoms with Crippen molar-refractivity contribution in [1.82, 2.24) is 9.97 Å². The average Bonchev–Trinajstić information content (AvgIpc) is 3.11. The number of pyridine rings is 1. The van der Waals surface area contributed by atoms with Crippen LogP contribution in [-0.2, 0) is 4.74 Å². The van der Waals surface area contributed by atoms with Crippen molar-refractivity contribution in [3.05, 3.63) is 23.2 Å². The summed E-state index contributed by atoms with van der Waals surface area (Å²) in [6.45, 7) is 5.26. The molecule has 0 amide bonds. The monoisotopic (exact) mass is 376 g/mol. The van der Waals surface area contributed by atoms with Crippen LogP contribution >= 0.6 is 11.3 Å². The molecule has 0 aromatic carbocycles. The molecule has 26 heavy (non-hydrogen) atoms. The Morgan fingerprint density at radius 2 is 1.92 bits per heavy atom. The summed E-state index contributed by atoms with van der Waals surface area (Å²) in [5.41, 5.74) is 3.06. The van der Waals surface area contributed by atoms with E-state index in [1.807, 2.05) is 12.3 Å². The number of halogens is 1. The van der Waals surface area contributed by atoms with E-state index < -0.39 is 6.17 Å². The number of aryl methyl sites for hydroxylation is 1. The maximum atomic E-state index is 13.4. The largest absolute Gasteiger partial charge is 0.378 e. The van der Waals surface area contributed by atoms with Crippen LogP contribution in [0, 0.1) is 6.92 Å². The van der Waals surface area contributed by atoms with Gasteiger partial charge >= 0.3 is 0 Å². The van der Waals surface area contributed by atoms with Gasteiger partial charge in [-0.05, 0) is 38.7 Å². The average molecular weight is 377 g/mol. The highest BCUT2D eigenvalue weighted by atomic mass is 32.1. The molecule has 0 unspecified atom stereocenters. The summed E-state index contributed by atoms with van der Waals surface area (Å²) in [6.07, 6.45) is 2.35. The second-order valence-electron chi connectivity index (χ2n) is 7.08. The van der Waals surface area contributed by atoms with Crippen LogP contribution in [0.1, 0.15) is 31.4 Å². The first-order valence-electron chi connectivity index (χ1n) is 9.35. The first kappa shape index (κ1) is 17.7. The molecule has 4 rings (SSSR count). The minimum absolute atomic E-state index is 0.292. The Bertz CT molecular complexity index is 739. The van der Waals surface area contributed by atoms with Crippen LogP contribution in [0.15, 0.2) is 17.5 Å². The zero-order valence-corrected chi connectivity index (χ0v) is 15.9. The number of hydrogen-bond donors (Lipinski definition) is 1. The van der Waals surface area contributed by atoms with Crippen LogP contribution in [0.25, 0.3) is 10.7 Å². The van der Waals surface area contributed by atoms with Crippen LogP contribution < -0.4 is 10.2 Å². The predicted molar refractivity (Wildman–Crippen MR) is 104 cm³/mol. The molecule has 3 heterocycles. The Labute approximate surface area is 157 Å². The second kappa shape index (κ2) is 7.88. The minimum atomic E-state index is -0.644. The molecule has 1 aliphatic heterocycles. The first-order valence-corrected chi connectivity index (χ1v) is 10.2. The molecule has 1 saturated heterocycles. The van der Waals surface area contributed by atoms with E-state index in [0.29, 0.717) is 18.9 Å². The van der Waals surface area contributed by atoms with Gasteiger partial charge in [0.05, 0.1) is 13.2 Å². The Morgan fingerprint density at radius 1 is 1.15 bits per heavy atom. The third kappa shape index (κ3) is 4.15. The second-order valence-corrected chi connectivity index (χ2v) is 7.94. The normalized spacial score (nSPS) is 23.8. The van der Waals surface area contributed by atoms with Gasteiger partial charge in [-0.3, -0.25) is 0 Å². The van der Waals surface area contributed by atoms with E-state index in [4.69, 9.17) is 9.72 Å². The van der Waals surface area contributed by atoms with Gasteiger partial charge in [0.25, 0.3) is 0 Å². The highest BCUT2D eigenvalue weighted by Crippen LogP contribution is 2.30. The summed E-state index contributed by atoms with van der Waals surface area (Å²) in [5.74, 6) is 0.860. The molecule has 1 saturated carbocycles. The number of aromatic nitrogens is 2. The quantitative estimate of drug-likeness (QED) is 0.873. The van der Waals surface area contributed by atoms with Crippen molar-refractivity contribution in [3.8, 4) is 10.7 Å². The molecular weight excluding hydrogens is 351 g/mol. The lowest BCUT2D eigenvalue weighted by Gasteiger charge is -2.30. The smallest absolute Gasteiger partial charge is 0.142 e. The summed E-state index contributed by atoms with van der Waals surface area (Å²) >= 11 is 1.62. The van der Waals surface area contributed by atoms with Gasteiger partial charge in [-0.25, -0.2) is 14.4 Å². The maximum Gasteiger partial charge on any atom is 0.142 e. The van der Waals surface area contributed by atoms with Gasteiger partial charge in [0.2, 0.25) is 0 Å². The number of anilines is 2. The van der Waals surface area contributed by atoms with E-state index in [9.17, 15) is 4.39 Å². The Balaban J connectivity index is 1.61. The van der Waals surface area contributed by atoms with E-state index in [-0.39, 0.29) is 0 Å². The van der Waals surface area contributed by atoms with Crippen LogP contribution in [0.3, 0.4) is 0 Å². The molecule has 0 atom stereocenters. The van der Waals surface area contributed by atoms with Gasteiger partial charge in [-0.15, -0.1) is 11.3 Å². The van der Waals surface area contributed by atoms with Crippen LogP contribution in [0.5, 0.6) is 0 Å². The molecule has 2 aromatic rings. The summed E-state index contributed by atoms with van der Waals surface area (Å²) in [4.78, 5) is 11.7. The van der Waals surface area contributed by atoms with E-state index >= 15 is 0 Å². The number of thiazole rings is 1. The molecule has 5 nitrogen and oxygen atoms in total. The van der Waals surface area contributed by atoms with Crippen molar-refractivity contribution < 1.29 is 9.13 Å². The molecule has 0 spiro atoms. The number of ether oxygens (including phenoxy) is 1. The molecule has 2 aromatic heterocycles. The number of hydrogen-bond acceptors (Lipinski definition) is 6. The molecule has 0 bridgehead atoms. The molecule has 2 fully saturated rings.